The molecule has 19 heavy (non-hydrogen) atoms. The van der Waals surface area contributed by atoms with Crippen LogP contribution in [0.2, 0.25) is 5.02 Å². The van der Waals surface area contributed by atoms with Gasteiger partial charge in [-0.25, -0.2) is 0 Å². The molecule has 0 spiro atoms. The summed E-state index contributed by atoms with van der Waals surface area (Å²) >= 11 is 5.69. The second-order valence-corrected chi connectivity index (χ2v) is 4.55. The van der Waals surface area contributed by atoms with E-state index in [9.17, 15) is 19.7 Å². The number of carbonyl (C=O) groups excluding carboxylic acids is 2. The fraction of sp³-hybridized carbons (Fsp3) is 0.273. The Kier molecular flexibility index (Phi) is 3.39. The molecule has 0 saturated carbocycles. The first-order valence-corrected chi connectivity index (χ1v) is 5.79. The van der Waals surface area contributed by atoms with Crippen LogP contribution in [-0.2, 0) is 9.59 Å². The van der Waals surface area contributed by atoms with Crippen molar-refractivity contribution in [3.63, 3.8) is 0 Å². The Balaban J connectivity index is 2.27. The molecule has 0 bridgehead atoms. The zero-order valence-electron chi connectivity index (χ0n) is 9.92. The van der Waals surface area contributed by atoms with Crippen molar-refractivity contribution in [2.24, 2.45) is 0 Å². The lowest BCUT2D eigenvalue weighted by Crippen LogP contribution is -2.31. The number of amides is 2. The molecular formula is C11H10ClN3O4. The van der Waals surface area contributed by atoms with Crippen molar-refractivity contribution in [3.05, 3.63) is 33.3 Å². The van der Waals surface area contributed by atoms with Gasteiger partial charge in [-0.05, 0) is 12.1 Å². The van der Waals surface area contributed by atoms with Crippen LogP contribution in [0, 0.1) is 10.1 Å². The van der Waals surface area contributed by atoms with Crippen molar-refractivity contribution in [3.8, 4) is 0 Å². The molecule has 0 radical (unpaired) electrons. The molecule has 100 valence electrons. The molecule has 1 saturated heterocycles. The number of nitrogens with zero attached hydrogens (tertiary/aromatic N) is 2. The maximum Gasteiger partial charge on any atom is 0.293 e. The van der Waals surface area contributed by atoms with Gasteiger partial charge >= 0.3 is 0 Å². The summed E-state index contributed by atoms with van der Waals surface area (Å²) in [4.78, 5) is 34.4. The molecule has 0 aliphatic carbocycles. The summed E-state index contributed by atoms with van der Waals surface area (Å²) in [5.74, 6) is -0.728. The topological polar surface area (TPSA) is 92.6 Å². The summed E-state index contributed by atoms with van der Waals surface area (Å²) in [5.41, 5.74) is -0.0712. The highest BCUT2D eigenvalue weighted by Gasteiger charge is 2.36. The molecule has 1 aliphatic rings. The molecule has 2 amide bonds. The van der Waals surface area contributed by atoms with Crippen LogP contribution >= 0.6 is 11.6 Å². The number of nitro benzene ring substituents is 1. The standard InChI is InChI=1S/C11H10ClN3O4/c1-14-10(16)5-8(11(14)17)13-7-3-2-6(12)4-9(7)15(18)19/h2-4,8,13H,5H2,1H3. The number of benzene rings is 1. The van der Waals surface area contributed by atoms with Crippen molar-refractivity contribution in [2.45, 2.75) is 12.5 Å². The predicted octanol–water partition coefficient (Wildman–Crippen LogP) is 1.42. The fourth-order valence-corrected chi connectivity index (χ4v) is 2.00. The van der Waals surface area contributed by atoms with Gasteiger partial charge in [0.1, 0.15) is 11.7 Å². The molecule has 8 heteroatoms. The van der Waals surface area contributed by atoms with E-state index in [1.807, 2.05) is 0 Å². The number of nitrogens with one attached hydrogen (secondary N) is 1. The molecule has 1 aliphatic heterocycles. The van der Waals surface area contributed by atoms with Gasteiger partial charge in [0.2, 0.25) is 5.91 Å². The van der Waals surface area contributed by atoms with E-state index in [4.69, 9.17) is 11.6 Å². The number of halogens is 1. The van der Waals surface area contributed by atoms with Gasteiger partial charge < -0.3 is 5.32 Å². The van der Waals surface area contributed by atoms with E-state index in [1.54, 1.807) is 0 Å². The Labute approximate surface area is 113 Å². The summed E-state index contributed by atoms with van der Waals surface area (Å²) in [6, 6.07) is 3.30. The Bertz CT molecular complexity index is 575. The molecular weight excluding hydrogens is 274 g/mol. The molecule has 1 fully saturated rings. The zero-order chi connectivity index (χ0) is 14.2. The van der Waals surface area contributed by atoms with Crippen LogP contribution in [0.15, 0.2) is 18.2 Å². The van der Waals surface area contributed by atoms with E-state index >= 15 is 0 Å². The summed E-state index contributed by atoms with van der Waals surface area (Å²) < 4.78 is 0. The normalized spacial score (nSPS) is 18.8. The summed E-state index contributed by atoms with van der Waals surface area (Å²) in [6.07, 6.45) is -0.0187. The van der Waals surface area contributed by atoms with Crippen molar-refractivity contribution in [2.75, 3.05) is 12.4 Å². The number of hydrogen-bond donors (Lipinski definition) is 1. The highest BCUT2D eigenvalue weighted by molar-refractivity contribution is 6.30. The Morgan fingerprint density at radius 1 is 1.47 bits per heavy atom. The third-order valence-corrected chi connectivity index (χ3v) is 3.10. The minimum atomic E-state index is -0.780. The minimum Gasteiger partial charge on any atom is -0.368 e. The van der Waals surface area contributed by atoms with E-state index in [0.29, 0.717) is 0 Å². The monoisotopic (exact) mass is 283 g/mol. The molecule has 1 N–H and O–H groups in total. The van der Waals surface area contributed by atoms with Gasteiger partial charge in [0.15, 0.2) is 0 Å². The molecule has 2 rings (SSSR count). The summed E-state index contributed by atoms with van der Waals surface area (Å²) in [5, 5.41) is 13.8. The van der Waals surface area contributed by atoms with Crippen LogP contribution in [0.3, 0.4) is 0 Å². The molecule has 1 aromatic rings. The maximum absolute atomic E-state index is 11.7. The first-order chi connectivity index (χ1) is 8.90. The first-order valence-electron chi connectivity index (χ1n) is 5.41. The van der Waals surface area contributed by atoms with E-state index in [0.717, 1.165) is 4.90 Å². The van der Waals surface area contributed by atoms with Crippen LogP contribution in [0.1, 0.15) is 6.42 Å². The third-order valence-electron chi connectivity index (χ3n) is 2.87. The van der Waals surface area contributed by atoms with Crippen LogP contribution in [0.4, 0.5) is 11.4 Å². The summed E-state index contributed by atoms with van der Waals surface area (Å²) in [6.45, 7) is 0. The second kappa shape index (κ2) is 4.85. The first kappa shape index (κ1) is 13.3. The number of rotatable bonds is 3. The molecule has 1 unspecified atom stereocenters. The number of imide groups is 1. The maximum atomic E-state index is 11.7. The SMILES string of the molecule is CN1C(=O)CC(Nc2ccc(Cl)cc2[N+](=O)[O-])C1=O. The molecule has 7 nitrogen and oxygen atoms in total. The van der Waals surface area contributed by atoms with Crippen LogP contribution in [0.25, 0.3) is 0 Å². The van der Waals surface area contributed by atoms with Crippen LogP contribution in [-0.4, -0.2) is 34.7 Å². The molecule has 1 aromatic carbocycles. The lowest BCUT2D eigenvalue weighted by molar-refractivity contribution is -0.384. The van der Waals surface area contributed by atoms with Crippen molar-refractivity contribution in [1.82, 2.24) is 4.90 Å². The van der Waals surface area contributed by atoms with Gasteiger partial charge in [-0.3, -0.25) is 24.6 Å². The Morgan fingerprint density at radius 3 is 2.68 bits per heavy atom. The smallest absolute Gasteiger partial charge is 0.293 e. The molecule has 0 aromatic heterocycles. The average Bonchev–Trinajstić information content (AvgIpc) is 2.59. The minimum absolute atomic E-state index is 0.0187. The highest BCUT2D eigenvalue weighted by Crippen LogP contribution is 2.29. The number of nitro groups is 1. The number of anilines is 1. The number of likely N-dealkylation sites (tertiary alicyclic amines) is 1. The Hall–Kier alpha value is -2.15. The van der Waals surface area contributed by atoms with Crippen LogP contribution < -0.4 is 5.32 Å². The predicted molar refractivity (Wildman–Crippen MR) is 67.9 cm³/mol. The lowest BCUT2D eigenvalue weighted by Gasteiger charge is -2.12. The zero-order valence-corrected chi connectivity index (χ0v) is 10.7. The quantitative estimate of drug-likeness (QED) is 0.514. The fourth-order valence-electron chi connectivity index (χ4n) is 1.83. The van der Waals surface area contributed by atoms with E-state index < -0.39 is 16.9 Å². The number of carbonyl (C=O) groups is 2. The van der Waals surface area contributed by atoms with Crippen LogP contribution in [0.5, 0.6) is 0 Å². The van der Waals surface area contributed by atoms with Crippen molar-refractivity contribution < 1.29 is 14.5 Å². The van der Waals surface area contributed by atoms with E-state index in [2.05, 4.69) is 5.32 Å². The largest absolute Gasteiger partial charge is 0.368 e. The Morgan fingerprint density at radius 2 is 2.16 bits per heavy atom. The van der Waals surface area contributed by atoms with E-state index in [-0.39, 0.29) is 28.7 Å². The van der Waals surface area contributed by atoms with Gasteiger partial charge in [0.05, 0.1) is 11.3 Å². The van der Waals surface area contributed by atoms with Crippen molar-refractivity contribution in [1.29, 1.82) is 0 Å². The second-order valence-electron chi connectivity index (χ2n) is 4.11. The van der Waals surface area contributed by atoms with Gasteiger partial charge in [-0.15, -0.1) is 0 Å². The van der Waals surface area contributed by atoms with Crippen molar-refractivity contribution >= 4 is 34.8 Å². The van der Waals surface area contributed by atoms with Gasteiger partial charge in [0.25, 0.3) is 11.6 Å². The van der Waals surface area contributed by atoms with Gasteiger partial charge in [0, 0.05) is 18.1 Å². The average molecular weight is 284 g/mol. The highest BCUT2D eigenvalue weighted by atomic mass is 35.5. The van der Waals surface area contributed by atoms with E-state index in [1.165, 1.54) is 25.2 Å². The third kappa shape index (κ3) is 2.50. The number of likely N-dealkylation sites (N-methyl/N-ethyl adjacent to an activating group) is 1. The summed E-state index contributed by atoms with van der Waals surface area (Å²) in [7, 11) is 1.38. The molecule has 1 atom stereocenters. The number of hydrogen-bond acceptors (Lipinski definition) is 5. The molecule has 1 heterocycles. The van der Waals surface area contributed by atoms with Gasteiger partial charge in [-0.2, -0.15) is 0 Å². The lowest BCUT2D eigenvalue weighted by atomic mass is 10.2. The van der Waals surface area contributed by atoms with Gasteiger partial charge in [-0.1, -0.05) is 11.6 Å².